The van der Waals surface area contributed by atoms with E-state index in [0.29, 0.717) is 17.1 Å². The molecule has 2 amide bonds. The van der Waals surface area contributed by atoms with E-state index in [-0.39, 0.29) is 23.4 Å². The number of hydrogen-bond acceptors (Lipinski definition) is 4. The van der Waals surface area contributed by atoms with E-state index in [0.717, 1.165) is 19.9 Å². The third-order valence-electron chi connectivity index (χ3n) is 6.38. The summed E-state index contributed by atoms with van der Waals surface area (Å²) in [5.74, 6) is -0.768. The van der Waals surface area contributed by atoms with Crippen LogP contribution in [0.25, 0.3) is 0 Å². The lowest BCUT2D eigenvalue weighted by atomic mass is 10.1. The fourth-order valence-electron chi connectivity index (χ4n) is 4.00. The highest BCUT2D eigenvalue weighted by molar-refractivity contribution is 14.1. The third-order valence-corrected chi connectivity index (χ3v) is 9.14. The monoisotopic (exact) mass is 681 g/mol. The minimum atomic E-state index is -4.08. The van der Waals surface area contributed by atoms with Crippen LogP contribution in [0.15, 0.2) is 83.8 Å². The van der Waals surface area contributed by atoms with Crippen molar-refractivity contribution < 1.29 is 18.0 Å². The van der Waals surface area contributed by atoms with Crippen molar-refractivity contribution in [3.63, 3.8) is 0 Å². The number of rotatable bonds is 12. The van der Waals surface area contributed by atoms with Gasteiger partial charge >= 0.3 is 0 Å². The van der Waals surface area contributed by atoms with Gasteiger partial charge in [0.2, 0.25) is 11.8 Å². The molecule has 0 aromatic heterocycles. The van der Waals surface area contributed by atoms with Gasteiger partial charge in [0.15, 0.2) is 0 Å². The van der Waals surface area contributed by atoms with Gasteiger partial charge in [0.25, 0.3) is 10.0 Å². The quantitative estimate of drug-likeness (QED) is 0.243. The van der Waals surface area contributed by atoms with Gasteiger partial charge in [-0.1, -0.05) is 55.8 Å². The van der Waals surface area contributed by atoms with E-state index >= 15 is 0 Å². The number of benzene rings is 3. The molecule has 3 aromatic carbocycles. The van der Waals surface area contributed by atoms with Crippen LogP contribution in [0.3, 0.4) is 0 Å². The summed E-state index contributed by atoms with van der Waals surface area (Å²) in [6, 6.07) is 21.1. The zero-order valence-electron chi connectivity index (χ0n) is 22.2. The molecule has 10 heteroatoms. The number of nitrogens with zero attached hydrogens (tertiary/aromatic N) is 2. The molecule has 3 rings (SSSR count). The van der Waals surface area contributed by atoms with Gasteiger partial charge in [-0.2, -0.15) is 0 Å². The van der Waals surface area contributed by atoms with E-state index in [1.165, 1.54) is 17.0 Å². The Labute approximate surface area is 249 Å². The van der Waals surface area contributed by atoms with Crippen LogP contribution in [0.5, 0.6) is 0 Å². The van der Waals surface area contributed by atoms with Crippen LogP contribution in [0.1, 0.15) is 39.2 Å². The Morgan fingerprint density at radius 2 is 1.54 bits per heavy atom. The topological polar surface area (TPSA) is 86.8 Å². The lowest BCUT2D eigenvalue weighted by Crippen LogP contribution is -2.53. The van der Waals surface area contributed by atoms with Gasteiger partial charge in [0, 0.05) is 21.2 Å². The molecule has 3 aromatic rings. The van der Waals surface area contributed by atoms with Crippen LogP contribution in [-0.4, -0.2) is 43.8 Å². The molecule has 39 heavy (non-hydrogen) atoms. The maximum atomic E-state index is 14.0. The van der Waals surface area contributed by atoms with Gasteiger partial charge in [-0.3, -0.25) is 13.9 Å². The fourth-order valence-corrected chi connectivity index (χ4v) is 5.92. The number of carbonyl (C=O) groups is 2. The lowest BCUT2D eigenvalue weighted by molar-refractivity contribution is -0.140. The molecule has 7 nitrogen and oxygen atoms in total. The first-order chi connectivity index (χ1) is 18.6. The molecule has 0 fully saturated rings. The molecule has 0 unspecified atom stereocenters. The Balaban J connectivity index is 2.03. The van der Waals surface area contributed by atoms with Gasteiger partial charge in [-0.25, -0.2) is 8.42 Å². The summed E-state index contributed by atoms with van der Waals surface area (Å²) < 4.78 is 29.6. The van der Waals surface area contributed by atoms with Crippen LogP contribution in [-0.2, 0) is 26.2 Å². The van der Waals surface area contributed by atoms with Crippen molar-refractivity contribution in [2.75, 3.05) is 10.8 Å². The summed E-state index contributed by atoms with van der Waals surface area (Å²) in [7, 11) is -4.08. The molecule has 0 aliphatic carbocycles. The highest BCUT2D eigenvalue weighted by atomic mass is 127. The maximum Gasteiger partial charge on any atom is 0.264 e. The Morgan fingerprint density at radius 1 is 0.923 bits per heavy atom. The number of hydrogen-bond donors (Lipinski definition) is 1. The van der Waals surface area contributed by atoms with Crippen molar-refractivity contribution in [1.82, 2.24) is 10.2 Å². The number of amides is 2. The number of halogens is 2. The van der Waals surface area contributed by atoms with Gasteiger partial charge in [-0.05, 0) is 96.5 Å². The van der Waals surface area contributed by atoms with Crippen molar-refractivity contribution in [1.29, 1.82) is 0 Å². The van der Waals surface area contributed by atoms with Crippen LogP contribution in [0.2, 0.25) is 5.02 Å². The molecule has 0 bridgehead atoms. The average molecular weight is 682 g/mol. The molecular weight excluding hydrogens is 649 g/mol. The summed E-state index contributed by atoms with van der Waals surface area (Å²) in [6.07, 6.45) is 1.10. The summed E-state index contributed by atoms with van der Waals surface area (Å²) in [5, 5.41) is 3.52. The molecule has 0 radical (unpaired) electrons. The molecule has 0 saturated carbocycles. The van der Waals surface area contributed by atoms with Crippen molar-refractivity contribution in [2.24, 2.45) is 0 Å². The van der Waals surface area contributed by atoms with Gasteiger partial charge in [-0.15, -0.1) is 0 Å². The minimum Gasteiger partial charge on any atom is -0.352 e. The predicted octanol–water partition coefficient (Wildman–Crippen LogP) is 5.86. The van der Waals surface area contributed by atoms with Crippen molar-refractivity contribution in [2.45, 2.75) is 57.1 Å². The SMILES string of the molecule is CC[C@@H](C)NC(=O)[C@@H](CC)N(Cc1ccc(Cl)cc1)C(=O)CN(c1ccc(I)cc1)S(=O)(=O)c1ccccc1. The first-order valence-electron chi connectivity index (χ1n) is 12.7. The van der Waals surface area contributed by atoms with Crippen LogP contribution >= 0.6 is 34.2 Å². The highest BCUT2D eigenvalue weighted by Gasteiger charge is 2.33. The minimum absolute atomic E-state index is 0.0687. The van der Waals surface area contributed by atoms with Gasteiger partial charge < -0.3 is 10.2 Å². The average Bonchev–Trinajstić information content (AvgIpc) is 2.93. The van der Waals surface area contributed by atoms with E-state index in [1.807, 2.05) is 20.8 Å². The number of nitrogens with one attached hydrogen (secondary N) is 1. The fraction of sp³-hybridized carbons (Fsp3) is 0.310. The normalized spacial score (nSPS) is 12.8. The second-order valence-electron chi connectivity index (χ2n) is 9.19. The zero-order chi connectivity index (χ0) is 28.6. The largest absolute Gasteiger partial charge is 0.352 e. The number of sulfonamides is 1. The first kappa shape index (κ1) is 30.9. The Hall–Kier alpha value is -2.63. The van der Waals surface area contributed by atoms with E-state index in [2.05, 4.69) is 27.9 Å². The van der Waals surface area contributed by atoms with E-state index in [4.69, 9.17) is 11.6 Å². The van der Waals surface area contributed by atoms with Crippen LogP contribution in [0.4, 0.5) is 5.69 Å². The molecule has 1 N–H and O–H groups in total. The van der Waals surface area contributed by atoms with Crippen LogP contribution in [0, 0.1) is 3.57 Å². The van der Waals surface area contributed by atoms with Crippen molar-refractivity contribution in [3.8, 4) is 0 Å². The molecule has 0 aliphatic rings. The van der Waals surface area contributed by atoms with E-state index < -0.39 is 28.5 Å². The summed E-state index contributed by atoms with van der Waals surface area (Å²) >= 11 is 8.20. The Kier molecular flexibility index (Phi) is 11.2. The summed E-state index contributed by atoms with van der Waals surface area (Å²) in [6.45, 7) is 5.35. The number of anilines is 1. The lowest BCUT2D eigenvalue weighted by Gasteiger charge is -2.33. The van der Waals surface area contributed by atoms with E-state index in [9.17, 15) is 18.0 Å². The third kappa shape index (κ3) is 8.18. The summed E-state index contributed by atoms with van der Waals surface area (Å²) in [4.78, 5) is 28.8. The zero-order valence-corrected chi connectivity index (χ0v) is 25.9. The number of carbonyl (C=O) groups excluding carboxylic acids is 2. The summed E-state index contributed by atoms with van der Waals surface area (Å²) in [5.41, 5.74) is 1.13. The van der Waals surface area contributed by atoms with Gasteiger partial charge in [0.1, 0.15) is 12.6 Å². The maximum absolute atomic E-state index is 14.0. The van der Waals surface area contributed by atoms with Gasteiger partial charge in [0.05, 0.1) is 10.6 Å². The molecule has 0 spiro atoms. The predicted molar refractivity (Wildman–Crippen MR) is 164 cm³/mol. The molecule has 0 aliphatic heterocycles. The molecule has 2 atom stereocenters. The van der Waals surface area contributed by atoms with E-state index in [1.54, 1.807) is 66.7 Å². The standard InChI is InChI=1S/C29H33ClIN3O4S/c1-4-21(3)32-29(36)27(5-2)33(19-22-11-13-23(30)14-12-22)28(35)20-34(25-17-15-24(31)16-18-25)39(37,38)26-9-7-6-8-10-26/h6-18,21,27H,4-5,19-20H2,1-3H3,(H,32,36)/t21-,27-/m1/s1. The second-order valence-corrected chi connectivity index (χ2v) is 12.7. The molecule has 208 valence electrons. The molecular formula is C29H33ClIN3O4S. The molecule has 0 saturated heterocycles. The Morgan fingerprint density at radius 3 is 2.10 bits per heavy atom. The van der Waals surface area contributed by atoms with Crippen molar-refractivity contribution in [3.05, 3.63) is 93.0 Å². The first-order valence-corrected chi connectivity index (χ1v) is 15.6. The van der Waals surface area contributed by atoms with Crippen LogP contribution < -0.4 is 9.62 Å². The highest BCUT2D eigenvalue weighted by Crippen LogP contribution is 2.25. The molecule has 0 heterocycles. The van der Waals surface area contributed by atoms with Crippen molar-refractivity contribution >= 4 is 61.7 Å². The Bertz CT molecular complexity index is 1350. The smallest absolute Gasteiger partial charge is 0.264 e. The second kappa shape index (κ2) is 14.1.